The molecule has 0 bridgehead atoms. The molecule has 0 aliphatic carbocycles. The maximum atomic E-state index is 11.8. The Morgan fingerprint density at radius 1 is 1.19 bits per heavy atom. The van der Waals surface area contributed by atoms with Gasteiger partial charge in [0.2, 0.25) is 0 Å². The normalized spacial score (nSPS) is 13.5. The van der Waals surface area contributed by atoms with E-state index in [1.807, 2.05) is 36.4 Å². The number of aliphatic hydroxyl groups is 1. The summed E-state index contributed by atoms with van der Waals surface area (Å²) < 4.78 is 4.89. The van der Waals surface area contributed by atoms with E-state index in [0.717, 1.165) is 11.1 Å². The molecule has 110 valence electrons. The van der Waals surface area contributed by atoms with Crippen LogP contribution in [0.15, 0.2) is 48.5 Å². The number of carbonyl (C=O) groups is 1. The van der Waals surface area contributed by atoms with E-state index in [4.69, 9.17) is 10.5 Å². The Morgan fingerprint density at radius 3 is 2.43 bits per heavy atom. The highest BCUT2D eigenvalue weighted by atomic mass is 16.5. The Morgan fingerprint density at radius 2 is 1.86 bits per heavy atom. The number of ether oxygens (including phenoxy) is 1. The van der Waals surface area contributed by atoms with Crippen molar-refractivity contribution in [1.82, 2.24) is 0 Å². The second kappa shape index (κ2) is 5.97. The molecule has 0 aliphatic rings. The lowest BCUT2D eigenvalue weighted by Gasteiger charge is -2.23. The number of carbonyl (C=O) groups excluding carboxylic acids is 1. The molecule has 0 aromatic heterocycles. The number of rotatable bonds is 4. The minimum Gasteiger partial charge on any atom is -0.464 e. The van der Waals surface area contributed by atoms with Gasteiger partial charge in [0, 0.05) is 11.3 Å². The molecule has 0 spiro atoms. The summed E-state index contributed by atoms with van der Waals surface area (Å²) in [6.45, 7) is 3.28. The monoisotopic (exact) mass is 285 g/mol. The van der Waals surface area contributed by atoms with Gasteiger partial charge in [0.25, 0.3) is 0 Å². The lowest BCUT2D eigenvalue weighted by atomic mass is 9.92. The van der Waals surface area contributed by atoms with Gasteiger partial charge < -0.3 is 15.6 Å². The van der Waals surface area contributed by atoms with Crippen LogP contribution in [0.5, 0.6) is 0 Å². The van der Waals surface area contributed by atoms with Crippen LogP contribution in [0.3, 0.4) is 0 Å². The van der Waals surface area contributed by atoms with E-state index < -0.39 is 11.6 Å². The average Bonchev–Trinajstić information content (AvgIpc) is 2.48. The molecule has 0 heterocycles. The second-order valence-corrected chi connectivity index (χ2v) is 4.96. The Bertz CT molecular complexity index is 636. The predicted octanol–water partition coefficient (Wildman–Crippen LogP) is 2.71. The first-order valence-electron chi connectivity index (χ1n) is 6.82. The van der Waals surface area contributed by atoms with E-state index in [0.29, 0.717) is 11.3 Å². The molecule has 0 radical (unpaired) electrons. The molecule has 0 fully saturated rings. The molecule has 21 heavy (non-hydrogen) atoms. The van der Waals surface area contributed by atoms with Crippen molar-refractivity contribution in [3.05, 3.63) is 54.1 Å². The van der Waals surface area contributed by atoms with Crippen molar-refractivity contribution in [3.8, 4) is 11.1 Å². The summed E-state index contributed by atoms with van der Waals surface area (Å²) in [5.74, 6) is -0.704. The van der Waals surface area contributed by atoms with Gasteiger partial charge in [-0.15, -0.1) is 0 Å². The van der Waals surface area contributed by atoms with Crippen molar-refractivity contribution in [3.63, 3.8) is 0 Å². The van der Waals surface area contributed by atoms with Crippen molar-refractivity contribution in [2.24, 2.45) is 0 Å². The van der Waals surface area contributed by atoms with Gasteiger partial charge >= 0.3 is 5.97 Å². The molecular formula is C17H19NO3. The fourth-order valence-electron chi connectivity index (χ4n) is 2.20. The first-order chi connectivity index (χ1) is 9.96. The summed E-state index contributed by atoms with van der Waals surface area (Å²) in [6.07, 6.45) is 0. The van der Waals surface area contributed by atoms with Gasteiger partial charge in [0.15, 0.2) is 5.60 Å². The SMILES string of the molecule is CCOC(=O)C(C)(O)c1ccc(-c2ccccc2)cc1N. The van der Waals surface area contributed by atoms with Gasteiger partial charge in [-0.3, -0.25) is 0 Å². The van der Waals surface area contributed by atoms with E-state index in [2.05, 4.69) is 0 Å². The van der Waals surface area contributed by atoms with Crippen LogP contribution in [-0.2, 0) is 15.1 Å². The predicted molar refractivity (Wildman–Crippen MR) is 82.5 cm³/mol. The summed E-state index contributed by atoms with van der Waals surface area (Å²) in [6, 6.07) is 15.0. The van der Waals surface area contributed by atoms with Gasteiger partial charge in [0.05, 0.1) is 6.61 Å². The summed E-state index contributed by atoms with van der Waals surface area (Å²) in [5.41, 5.74) is 6.91. The number of anilines is 1. The van der Waals surface area contributed by atoms with Gasteiger partial charge in [0.1, 0.15) is 0 Å². The number of hydrogen-bond donors (Lipinski definition) is 2. The molecule has 3 N–H and O–H groups in total. The minimum absolute atomic E-state index is 0.205. The number of benzene rings is 2. The van der Waals surface area contributed by atoms with E-state index in [1.54, 1.807) is 19.1 Å². The van der Waals surface area contributed by atoms with Gasteiger partial charge in [-0.1, -0.05) is 42.5 Å². The molecular weight excluding hydrogens is 266 g/mol. The summed E-state index contributed by atoms with van der Waals surface area (Å²) >= 11 is 0. The highest BCUT2D eigenvalue weighted by Crippen LogP contribution is 2.31. The molecule has 4 heteroatoms. The fraction of sp³-hybridized carbons (Fsp3) is 0.235. The van der Waals surface area contributed by atoms with Gasteiger partial charge in [-0.05, 0) is 31.0 Å². The number of esters is 1. The zero-order valence-corrected chi connectivity index (χ0v) is 12.2. The maximum Gasteiger partial charge on any atom is 0.342 e. The third-order valence-corrected chi connectivity index (χ3v) is 3.36. The largest absolute Gasteiger partial charge is 0.464 e. The van der Waals surface area contributed by atoms with Crippen LogP contribution in [0.4, 0.5) is 5.69 Å². The zero-order chi connectivity index (χ0) is 15.5. The molecule has 4 nitrogen and oxygen atoms in total. The Kier molecular flexibility index (Phi) is 4.29. The molecule has 0 saturated heterocycles. The van der Waals surface area contributed by atoms with Crippen molar-refractivity contribution >= 4 is 11.7 Å². The van der Waals surface area contributed by atoms with Crippen molar-refractivity contribution in [1.29, 1.82) is 0 Å². The van der Waals surface area contributed by atoms with E-state index in [1.165, 1.54) is 6.92 Å². The third kappa shape index (κ3) is 3.06. The quantitative estimate of drug-likeness (QED) is 0.669. The smallest absolute Gasteiger partial charge is 0.342 e. The standard InChI is InChI=1S/C17H19NO3/c1-3-21-16(19)17(2,20)14-10-9-13(11-15(14)18)12-7-5-4-6-8-12/h4-11,20H,3,18H2,1-2H3. The number of nitrogen functional groups attached to an aromatic ring is 1. The van der Waals surface area contributed by atoms with Gasteiger partial charge in [-0.25, -0.2) is 4.79 Å². The van der Waals surface area contributed by atoms with Crippen LogP contribution in [0.25, 0.3) is 11.1 Å². The topological polar surface area (TPSA) is 72.5 Å². The molecule has 2 aromatic carbocycles. The van der Waals surface area contributed by atoms with Crippen LogP contribution in [0.2, 0.25) is 0 Å². The number of nitrogens with two attached hydrogens (primary N) is 1. The van der Waals surface area contributed by atoms with Crippen LogP contribution in [-0.4, -0.2) is 17.7 Å². The van der Waals surface area contributed by atoms with Crippen molar-refractivity contribution in [2.45, 2.75) is 19.4 Å². The third-order valence-electron chi connectivity index (χ3n) is 3.36. The van der Waals surface area contributed by atoms with E-state index >= 15 is 0 Å². The molecule has 2 rings (SSSR count). The van der Waals surface area contributed by atoms with E-state index in [-0.39, 0.29) is 6.61 Å². The molecule has 0 saturated carbocycles. The van der Waals surface area contributed by atoms with Crippen LogP contribution in [0.1, 0.15) is 19.4 Å². The molecule has 0 amide bonds. The zero-order valence-electron chi connectivity index (χ0n) is 12.2. The van der Waals surface area contributed by atoms with E-state index in [9.17, 15) is 9.90 Å². The molecule has 0 aliphatic heterocycles. The lowest BCUT2D eigenvalue weighted by molar-refractivity contribution is -0.164. The second-order valence-electron chi connectivity index (χ2n) is 4.96. The fourth-order valence-corrected chi connectivity index (χ4v) is 2.20. The number of hydrogen-bond acceptors (Lipinski definition) is 4. The van der Waals surface area contributed by atoms with Crippen LogP contribution in [0, 0.1) is 0 Å². The summed E-state index contributed by atoms with van der Waals surface area (Å²) in [7, 11) is 0. The molecule has 1 unspecified atom stereocenters. The average molecular weight is 285 g/mol. The Hall–Kier alpha value is -2.33. The highest BCUT2D eigenvalue weighted by molar-refractivity contribution is 5.83. The van der Waals surface area contributed by atoms with Crippen LogP contribution >= 0.6 is 0 Å². The van der Waals surface area contributed by atoms with Crippen LogP contribution < -0.4 is 5.73 Å². The Labute approximate surface area is 124 Å². The van der Waals surface area contributed by atoms with Crippen molar-refractivity contribution in [2.75, 3.05) is 12.3 Å². The minimum atomic E-state index is -1.75. The summed E-state index contributed by atoms with van der Waals surface area (Å²) in [4.78, 5) is 11.8. The first kappa shape index (κ1) is 15.1. The summed E-state index contributed by atoms with van der Waals surface area (Å²) in [5, 5.41) is 10.4. The highest BCUT2D eigenvalue weighted by Gasteiger charge is 2.35. The lowest BCUT2D eigenvalue weighted by Crippen LogP contribution is -2.34. The van der Waals surface area contributed by atoms with Crippen molar-refractivity contribution < 1.29 is 14.6 Å². The molecule has 1 atom stereocenters. The first-order valence-corrected chi connectivity index (χ1v) is 6.82. The Balaban J connectivity index is 2.38. The maximum absolute atomic E-state index is 11.8. The molecule has 2 aromatic rings. The van der Waals surface area contributed by atoms with Gasteiger partial charge in [-0.2, -0.15) is 0 Å².